The minimum absolute atomic E-state index is 0.0156. The molecule has 0 saturated heterocycles. The van der Waals surface area contributed by atoms with E-state index in [1.807, 2.05) is 25.2 Å². The SMILES string of the molecule is CNCCN1CC(=O)Nc2cc(OC)ccc21. The Kier molecular flexibility index (Phi) is 3.49. The van der Waals surface area contributed by atoms with Crippen LogP contribution in [-0.2, 0) is 4.79 Å². The number of nitrogens with one attached hydrogen (secondary N) is 2. The Morgan fingerprint density at radius 3 is 3.06 bits per heavy atom. The number of rotatable bonds is 4. The lowest BCUT2D eigenvalue weighted by molar-refractivity contribution is -0.115. The number of likely N-dealkylation sites (N-methyl/N-ethyl adjacent to an activating group) is 1. The second-order valence-corrected chi connectivity index (χ2v) is 3.96. The van der Waals surface area contributed by atoms with Crippen LogP contribution >= 0.6 is 0 Å². The van der Waals surface area contributed by atoms with Gasteiger partial charge in [-0.1, -0.05) is 0 Å². The van der Waals surface area contributed by atoms with Crippen LogP contribution in [0, 0.1) is 0 Å². The molecule has 0 aliphatic carbocycles. The Morgan fingerprint density at radius 1 is 1.53 bits per heavy atom. The summed E-state index contributed by atoms with van der Waals surface area (Å²) in [5.74, 6) is 0.765. The second-order valence-electron chi connectivity index (χ2n) is 3.96. The fourth-order valence-electron chi connectivity index (χ4n) is 1.91. The highest BCUT2D eigenvalue weighted by molar-refractivity contribution is 6.01. The van der Waals surface area contributed by atoms with Crippen molar-refractivity contribution in [3.8, 4) is 5.75 Å². The minimum Gasteiger partial charge on any atom is -0.497 e. The quantitative estimate of drug-likeness (QED) is 0.805. The number of hydrogen-bond donors (Lipinski definition) is 2. The van der Waals surface area contributed by atoms with Crippen LogP contribution in [0.5, 0.6) is 5.75 Å². The third-order valence-corrected chi connectivity index (χ3v) is 2.78. The summed E-state index contributed by atoms with van der Waals surface area (Å²) in [6.07, 6.45) is 0. The highest BCUT2D eigenvalue weighted by Gasteiger charge is 2.21. The summed E-state index contributed by atoms with van der Waals surface area (Å²) in [6, 6.07) is 5.73. The standard InChI is InChI=1S/C12H17N3O2/c1-13-5-6-15-8-12(16)14-10-7-9(17-2)3-4-11(10)15/h3-4,7,13H,5-6,8H2,1-2H3,(H,14,16). The molecule has 1 aromatic carbocycles. The van der Waals surface area contributed by atoms with Crippen LogP contribution in [0.1, 0.15) is 0 Å². The fourth-order valence-corrected chi connectivity index (χ4v) is 1.91. The second kappa shape index (κ2) is 5.05. The van der Waals surface area contributed by atoms with Crippen LogP contribution in [0.25, 0.3) is 0 Å². The summed E-state index contributed by atoms with van der Waals surface area (Å²) in [5.41, 5.74) is 1.86. The van der Waals surface area contributed by atoms with Gasteiger partial charge in [0.1, 0.15) is 5.75 Å². The van der Waals surface area contributed by atoms with Gasteiger partial charge >= 0.3 is 0 Å². The van der Waals surface area contributed by atoms with Crippen molar-refractivity contribution in [2.24, 2.45) is 0 Å². The summed E-state index contributed by atoms with van der Waals surface area (Å²) < 4.78 is 5.15. The van der Waals surface area contributed by atoms with E-state index in [0.717, 1.165) is 30.2 Å². The molecule has 1 aliphatic rings. The van der Waals surface area contributed by atoms with E-state index in [1.54, 1.807) is 7.11 Å². The van der Waals surface area contributed by atoms with E-state index < -0.39 is 0 Å². The molecule has 0 bridgehead atoms. The number of fused-ring (bicyclic) bond motifs is 1. The maximum Gasteiger partial charge on any atom is 0.243 e. The van der Waals surface area contributed by atoms with Gasteiger partial charge in [0.25, 0.3) is 0 Å². The van der Waals surface area contributed by atoms with Gasteiger partial charge in [-0.05, 0) is 19.2 Å². The third kappa shape index (κ3) is 2.50. The van der Waals surface area contributed by atoms with E-state index in [9.17, 15) is 4.79 Å². The molecule has 0 spiro atoms. The van der Waals surface area contributed by atoms with E-state index in [0.29, 0.717) is 6.54 Å². The van der Waals surface area contributed by atoms with Crippen molar-refractivity contribution in [2.45, 2.75) is 0 Å². The van der Waals surface area contributed by atoms with Gasteiger partial charge in [0.05, 0.1) is 25.0 Å². The first-order valence-electron chi connectivity index (χ1n) is 5.62. The molecule has 2 N–H and O–H groups in total. The van der Waals surface area contributed by atoms with Crippen LogP contribution in [0.4, 0.5) is 11.4 Å². The van der Waals surface area contributed by atoms with Crippen molar-refractivity contribution in [2.75, 3.05) is 44.0 Å². The summed E-state index contributed by atoms with van der Waals surface area (Å²) in [4.78, 5) is 13.6. The topological polar surface area (TPSA) is 53.6 Å². The highest BCUT2D eigenvalue weighted by atomic mass is 16.5. The highest BCUT2D eigenvalue weighted by Crippen LogP contribution is 2.32. The van der Waals surface area contributed by atoms with Gasteiger partial charge in [-0.25, -0.2) is 0 Å². The maximum absolute atomic E-state index is 11.6. The number of anilines is 2. The van der Waals surface area contributed by atoms with Gasteiger partial charge in [0, 0.05) is 19.2 Å². The Balaban J connectivity index is 2.26. The van der Waals surface area contributed by atoms with Gasteiger partial charge in [-0.2, -0.15) is 0 Å². The predicted octanol–water partition coefficient (Wildman–Crippen LogP) is 0.673. The summed E-state index contributed by atoms with van der Waals surface area (Å²) in [5, 5.41) is 5.95. The van der Waals surface area contributed by atoms with Gasteiger partial charge in [-0.15, -0.1) is 0 Å². The van der Waals surface area contributed by atoms with Crippen molar-refractivity contribution >= 4 is 17.3 Å². The lowest BCUT2D eigenvalue weighted by Crippen LogP contribution is -2.41. The molecule has 5 heteroatoms. The molecule has 0 fully saturated rings. The largest absolute Gasteiger partial charge is 0.497 e. The van der Waals surface area contributed by atoms with Crippen molar-refractivity contribution in [3.05, 3.63) is 18.2 Å². The Hall–Kier alpha value is -1.75. The normalized spacial score (nSPS) is 14.2. The van der Waals surface area contributed by atoms with Crippen LogP contribution in [0.15, 0.2) is 18.2 Å². The monoisotopic (exact) mass is 235 g/mol. The van der Waals surface area contributed by atoms with Gasteiger partial charge in [0.2, 0.25) is 5.91 Å². The number of amides is 1. The zero-order valence-corrected chi connectivity index (χ0v) is 10.1. The molecule has 0 unspecified atom stereocenters. The predicted molar refractivity (Wildman–Crippen MR) is 67.8 cm³/mol. The molecule has 17 heavy (non-hydrogen) atoms. The number of benzene rings is 1. The molecule has 0 saturated carbocycles. The smallest absolute Gasteiger partial charge is 0.243 e. The van der Waals surface area contributed by atoms with Crippen molar-refractivity contribution in [1.29, 1.82) is 0 Å². The Morgan fingerprint density at radius 2 is 2.35 bits per heavy atom. The molecule has 0 atom stereocenters. The van der Waals surface area contributed by atoms with Gasteiger partial charge in [0.15, 0.2) is 0 Å². The first-order valence-corrected chi connectivity index (χ1v) is 5.62. The summed E-state index contributed by atoms with van der Waals surface area (Å²) in [6.45, 7) is 2.06. The van der Waals surface area contributed by atoms with E-state index >= 15 is 0 Å². The molecule has 1 aromatic rings. The first-order chi connectivity index (χ1) is 8.24. The number of ether oxygens (including phenoxy) is 1. The maximum atomic E-state index is 11.6. The van der Waals surface area contributed by atoms with E-state index in [4.69, 9.17) is 4.74 Å². The molecule has 2 rings (SSSR count). The van der Waals surface area contributed by atoms with Crippen molar-refractivity contribution in [1.82, 2.24) is 5.32 Å². The van der Waals surface area contributed by atoms with E-state index in [1.165, 1.54) is 0 Å². The van der Waals surface area contributed by atoms with Crippen LogP contribution in [0.2, 0.25) is 0 Å². The molecule has 0 aromatic heterocycles. The number of carbonyl (C=O) groups is 1. The molecule has 92 valence electrons. The third-order valence-electron chi connectivity index (χ3n) is 2.78. The fraction of sp³-hybridized carbons (Fsp3) is 0.417. The lowest BCUT2D eigenvalue weighted by atomic mass is 10.2. The van der Waals surface area contributed by atoms with Crippen LogP contribution < -0.4 is 20.3 Å². The van der Waals surface area contributed by atoms with Gasteiger partial charge < -0.3 is 20.3 Å². The number of carbonyl (C=O) groups excluding carboxylic acids is 1. The van der Waals surface area contributed by atoms with Crippen LogP contribution in [-0.4, -0.2) is 39.7 Å². The van der Waals surface area contributed by atoms with E-state index in [-0.39, 0.29) is 5.91 Å². The van der Waals surface area contributed by atoms with Gasteiger partial charge in [-0.3, -0.25) is 4.79 Å². The zero-order chi connectivity index (χ0) is 12.3. The Labute approximate surface area is 101 Å². The summed E-state index contributed by atoms with van der Waals surface area (Å²) >= 11 is 0. The first kappa shape index (κ1) is 11.7. The Bertz CT molecular complexity index is 420. The molecule has 0 radical (unpaired) electrons. The van der Waals surface area contributed by atoms with Crippen molar-refractivity contribution < 1.29 is 9.53 Å². The van der Waals surface area contributed by atoms with E-state index in [2.05, 4.69) is 15.5 Å². The lowest BCUT2D eigenvalue weighted by Gasteiger charge is -2.31. The minimum atomic E-state index is 0.0156. The number of methoxy groups -OCH3 is 1. The number of hydrogen-bond acceptors (Lipinski definition) is 4. The molecule has 1 amide bonds. The molecule has 5 nitrogen and oxygen atoms in total. The molecular formula is C12H17N3O2. The summed E-state index contributed by atoms with van der Waals surface area (Å²) in [7, 11) is 3.52. The van der Waals surface area contributed by atoms with Crippen molar-refractivity contribution in [3.63, 3.8) is 0 Å². The average Bonchev–Trinajstić information content (AvgIpc) is 2.34. The molecule has 1 aliphatic heterocycles. The molecular weight excluding hydrogens is 218 g/mol. The average molecular weight is 235 g/mol. The van der Waals surface area contributed by atoms with Crippen LogP contribution in [0.3, 0.4) is 0 Å². The number of nitrogens with zero attached hydrogens (tertiary/aromatic N) is 1. The zero-order valence-electron chi connectivity index (χ0n) is 10.1. The molecule has 1 heterocycles.